The van der Waals surface area contributed by atoms with E-state index in [1.807, 2.05) is 18.2 Å². The zero-order valence-electron chi connectivity index (χ0n) is 15.9. The molecule has 5 nitrogen and oxygen atoms in total. The van der Waals surface area contributed by atoms with Crippen LogP contribution in [0.1, 0.15) is 41.6 Å². The van der Waals surface area contributed by atoms with Crippen molar-refractivity contribution in [2.45, 2.75) is 25.7 Å². The summed E-state index contributed by atoms with van der Waals surface area (Å²) >= 11 is 0. The Hall–Kier alpha value is -2.44. The van der Waals surface area contributed by atoms with Crippen LogP contribution in [0, 0.1) is 0 Å². The second-order valence-corrected chi connectivity index (χ2v) is 9.58. The minimum Gasteiger partial charge on any atom is -0.361 e. The van der Waals surface area contributed by atoms with E-state index in [0.29, 0.717) is 24.6 Å². The van der Waals surface area contributed by atoms with E-state index >= 15 is 0 Å². The molecule has 0 atom stereocenters. The molecule has 146 valence electrons. The van der Waals surface area contributed by atoms with Crippen molar-refractivity contribution in [2.75, 3.05) is 18.8 Å². The van der Waals surface area contributed by atoms with E-state index in [-0.39, 0.29) is 5.75 Å². The van der Waals surface area contributed by atoms with Gasteiger partial charge in [0.05, 0.1) is 5.75 Å². The van der Waals surface area contributed by atoms with E-state index in [1.54, 1.807) is 17.3 Å². The number of rotatable bonds is 5. The van der Waals surface area contributed by atoms with Crippen molar-refractivity contribution in [3.63, 3.8) is 0 Å². The number of nitrogens with zero attached hydrogens (tertiary/aromatic N) is 1. The molecule has 2 heterocycles. The molecule has 1 N–H and O–H groups in total. The van der Waals surface area contributed by atoms with Gasteiger partial charge in [-0.2, -0.15) is 0 Å². The molecule has 28 heavy (non-hydrogen) atoms. The van der Waals surface area contributed by atoms with Crippen molar-refractivity contribution in [3.05, 3.63) is 59.8 Å². The van der Waals surface area contributed by atoms with Gasteiger partial charge in [-0.05, 0) is 60.6 Å². The molecule has 4 rings (SSSR count). The standard InChI is InChI=1S/C22H24N2O3S/c1-2-28(26,27)24-10-8-17(9-11-24)21-14-23-22-7-6-19(13-20(21)22)18-5-3-4-16(12-18)15-25/h3-7,12-15,17,23H,2,8-11H2,1H3. The number of sulfonamides is 1. The van der Waals surface area contributed by atoms with Crippen LogP contribution in [0.25, 0.3) is 22.0 Å². The predicted octanol–water partition coefficient (Wildman–Crippen LogP) is 4.18. The van der Waals surface area contributed by atoms with E-state index in [9.17, 15) is 13.2 Å². The van der Waals surface area contributed by atoms with Gasteiger partial charge in [-0.25, -0.2) is 12.7 Å². The highest BCUT2D eigenvalue weighted by Crippen LogP contribution is 2.35. The number of aromatic amines is 1. The van der Waals surface area contributed by atoms with Crippen LogP contribution < -0.4 is 0 Å². The second-order valence-electron chi connectivity index (χ2n) is 7.32. The minimum absolute atomic E-state index is 0.161. The highest BCUT2D eigenvalue weighted by Gasteiger charge is 2.28. The molecule has 0 bridgehead atoms. The van der Waals surface area contributed by atoms with E-state index in [0.717, 1.165) is 35.8 Å². The van der Waals surface area contributed by atoms with Crippen LogP contribution >= 0.6 is 0 Å². The molecule has 1 aromatic heterocycles. The molecule has 0 spiro atoms. The van der Waals surface area contributed by atoms with Crippen molar-refractivity contribution in [1.29, 1.82) is 0 Å². The van der Waals surface area contributed by atoms with Crippen LogP contribution in [0.3, 0.4) is 0 Å². The lowest BCUT2D eigenvalue weighted by molar-refractivity contribution is 0.112. The van der Waals surface area contributed by atoms with Crippen molar-refractivity contribution in [1.82, 2.24) is 9.29 Å². The maximum absolute atomic E-state index is 12.1. The number of aromatic nitrogens is 1. The fourth-order valence-electron chi connectivity index (χ4n) is 4.08. The molecule has 0 saturated carbocycles. The fraction of sp³-hybridized carbons (Fsp3) is 0.318. The monoisotopic (exact) mass is 396 g/mol. The first-order valence-electron chi connectivity index (χ1n) is 9.66. The third-order valence-corrected chi connectivity index (χ3v) is 7.60. The normalized spacial score (nSPS) is 16.5. The van der Waals surface area contributed by atoms with Crippen molar-refractivity contribution < 1.29 is 13.2 Å². The number of hydrogen-bond donors (Lipinski definition) is 1. The molecule has 1 aliphatic rings. The predicted molar refractivity (Wildman–Crippen MR) is 112 cm³/mol. The Morgan fingerprint density at radius 3 is 2.57 bits per heavy atom. The van der Waals surface area contributed by atoms with Crippen molar-refractivity contribution >= 4 is 27.2 Å². The van der Waals surface area contributed by atoms with Crippen LogP contribution in [0.2, 0.25) is 0 Å². The lowest BCUT2D eigenvalue weighted by atomic mass is 9.89. The van der Waals surface area contributed by atoms with Crippen LogP contribution in [0.5, 0.6) is 0 Å². The number of aldehydes is 1. The van der Waals surface area contributed by atoms with Crippen LogP contribution in [-0.4, -0.2) is 42.8 Å². The Morgan fingerprint density at radius 1 is 1.11 bits per heavy atom. The third kappa shape index (κ3) is 3.50. The molecule has 0 unspecified atom stereocenters. The topological polar surface area (TPSA) is 70.2 Å². The first-order chi connectivity index (χ1) is 13.5. The minimum atomic E-state index is -3.11. The highest BCUT2D eigenvalue weighted by molar-refractivity contribution is 7.89. The molecule has 0 aliphatic carbocycles. The van der Waals surface area contributed by atoms with Gasteiger partial charge >= 0.3 is 0 Å². The molecule has 0 radical (unpaired) electrons. The van der Waals surface area contributed by atoms with E-state index < -0.39 is 10.0 Å². The molecule has 1 aliphatic heterocycles. The van der Waals surface area contributed by atoms with Crippen LogP contribution in [0.15, 0.2) is 48.7 Å². The summed E-state index contributed by atoms with van der Waals surface area (Å²) in [6.07, 6.45) is 4.58. The zero-order valence-corrected chi connectivity index (χ0v) is 16.7. The first-order valence-corrected chi connectivity index (χ1v) is 11.3. The number of fused-ring (bicyclic) bond motifs is 1. The summed E-state index contributed by atoms with van der Waals surface area (Å²) in [5.74, 6) is 0.502. The van der Waals surface area contributed by atoms with Crippen LogP contribution in [-0.2, 0) is 10.0 Å². The van der Waals surface area contributed by atoms with Gasteiger partial charge in [-0.3, -0.25) is 4.79 Å². The second kappa shape index (κ2) is 7.53. The molecular formula is C22H24N2O3S. The van der Waals surface area contributed by atoms with Gasteiger partial charge in [0.2, 0.25) is 10.0 Å². The lowest BCUT2D eigenvalue weighted by Gasteiger charge is -2.30. The fourth-order valence-corrected chi connectivity index (χ4v) is 5.21. The summed E-state index contributed by atoms with van der Waals surface area (Å²) in [5.41, 5.74) is 5.08. The number of piperidine rings is 1. The summed E-state index contributed by atoms with van der Waals surface area (Å²) in [6, 6.07) is 13.9. The summed E-state index contributed by atoms with van der Waals surface area (Å²) in [4.78, 5) is 14.4. The Kier molecular flexibility index (Phi) is 5.08. The quantitative estimate of drug-likeness (QED) is 0.658. The van der Waals surface area contributed by atoms with Gasteiger partial charge in [-0.1, -0.05) is 24.3 Å². The summed E-state index contributed by atoms with van der Waals surface area (Å²) < 4.78 is 25.8. The largest absolute Gasteiger partial charge is 0.361 e. The molecule has 1 fully saturated rings. The molecule has 3 aromatic rings. The number of benzene rings is 2. The van der Waals surface area contributed by atoms with E-state index in [1.165, 1.54) is 10.9 Å². The average molecular weight is 397 g/mol. The highest BCUT2D eigenvalue weighted by atomic mass is 32.2. The maximum atomic E-state index is 12.1. The van der Waals surface area contributed by atoms with Gasteiger partial charge in [0, 0.05) is 35.8 Å². The average Bonchev–Trinajstić information content (AvgIpc) is 3.17. The Morgan fingerprint density at radius 2 is 1.86 bits per heavy atom. The van der Waals surface area contributed by atoms with Crippen LogP contribution in [0.4, 0.5) is 0 Å². The number of carbonyl (C=O) groups excluding carboxylic acids is 1. The summed E-state index contributed by atoms with van der Waals surface area (Å²) in [6.45, 7) is 2.85. The van der Waals surface area contributed by atoms with E-state index in [2.05, 4.69) is 29.4 Å². The SMILES string of the molecule is CCS(=O)(=O)N1CCC(c2c[nH]c3ccc(-c4cccc(C=O)c4)cc23)CC1. The molecule has 1 saturated heterocycles. The number of H-pyrrole nitrogens is 1. The van der Waals surface area contributed by atoms with Crippen molar-refractivity contribution in [3.8, 4) is 11.1 Å². The van der Waals surface area contributed by atoms with E-state index in [4.69, 9.17) is 0 Å². The maximum Gasteiger partial charge on any atom is 0.213 e. The Labute approximate surface area is 165 Å². The first kappa shape index (κ1) is 18.9. The number of nitrogens with one attached hydrogen (secondary N) is 1. The van der Waals surface area contributed by atoms with Gasteiger partial charge < -0.3 is 4.98 Å². The van der Waals surface area contributed by atoms with Gasteiger partial charge in [0.25, 0.3) is 0 Å². The van der Waals surface area contributed by atoms with Crippen molar-refractivity contribution in [2.24, 2.45) is 0 Å². The molecular weight excluding hydrogens is 372 g/mol. The van der Waals surface area contributed by atoms with Gasteiger partial charge in [-0.15, -0.1) is 0 Å². The molecule has 0 amide bonds. The Bertz CT molecular complexity index is 1110. The lowest BCUT2D eigenvalue weighted by Crippen LogP contribution is -2.38. The number of carbonyl (C=O) groups is 1. The third-order valence-electron chi connectivity index (χ3n) is 5.72. The molecule has 6 heteroatoms. The summed E-state index contributed by atoms with van der Waals surface area (Å²) in [7, 11) is -3.11. The Balaban J connectivity index is 1.63. The van der Waals surface area contributed by atoms with Gasteiger partial charge in [0.15, 0.2) is 0 Å². The van der Waals surface area contributed by atoms with Gasteiger partial charge in [0.1, 0.15) is 6.29 Å². The zero-order chi connectivity index (χ0) is 19.7. The summed E-state index contributed by atoms with van der Waals surface area (Å²) in [5, 5.41) is 1.17. The molecule has 2 aromatic carbocycles. The smallest absolute Gasteiger partial charge is 0.213 e. The number of hydrogen-bond acceptors (Lipinski definition) is 3.